The summed E-state index contributed by atoms with van der Waals surface area (Å²) in [4.78, 5) is 2.09. The van der Waals surface area contributed by atoms with Crippen LogP contribution < -0.4 is 9.64 Å². The molecule has 0 bridgehead atoms. The second-order valence-corrected chi connectivity index (χ2v) is 5.49. The van der Waals surface area contributed by atoms with Crippen molar-refractivity contribution in [3.05, 3.63) is 58.6 Å². The number of hydrogen-bond donors (Lipinski definition) is 1. The Hall–Kier alpha value is -1.71. The van der Waals surface area contributed by atoms with Crippen molar-refractivity contribution >= 4 is 17.3 Å². The monoisotopic (exact) mass is 305 g/mol. The van der Waals surface area contributed by atoms with Gasteiger partial charge in [-0.15, -0.1) is 0 Å². The summed E-state index contributed by atoms with van der Waals surface area (Å²) in [7, 11) is 3.61. The summed E-state index contributed by atoms with van der Waals surface area (Å²) in [6.45, 7) is 2.47. The van der Waals surface area contributed by atoms with Crippen molar-refractivity contribution in [2.45, 2.75) is 19.6 Å². The number of aliphatic hydroxyl groups excluding tert-OH is 1. The highest BCUT2D eigenvalue weighted by molar-refractivity contribution is 6.30. The number of benzene rings is 2. The van der Waals surface area contributed by atoms with Crippen LogP contribution in [0, 0.1) is 0 Å². The van der Waals surface area contributed by atoms with E-state index in [0.717, 1.165) is 28.4 Å². The first-order valence-electron chi connectivity index (χ1n) is 6.83. The van der Waals surface area contributed by atoms with Crippen molar-refractivity contribution in [2.24, 2.45) is 0 Å². The SMILES string of the molecule is COc1cccc(N(C)Cc2ccc(Cl)cc2)c1[C@@H](C)O. The maximum atomic E-state index is 10.0. The minimum Gasteiger partial charge on any atom is -0.496 e. The van der Waals surface area contributed by atoms with Crippen molar-refractivity contribution in [2.75, 3.05) is 19.1 Å². The minimum atomic E-state index is -0.594. The van der Waals surface area contributed by atoms with E-state index in [9.17, 15) is 5.11 Å². The molecule has 2 aromatic carbocycles. The molecule has 0 fully saturated rings. The zero-order valence-corrected chi connectivity index (χ0v) is 13.3. The number of hydrogen-bond acceptors (Lipinski definition) is 3. The number of rotatable bonds is 5. The zero-order valence-electron chi connectivity index (χ0n) is 12.5. The van der Waals surface area contributed by atoms with Gasteiger partial charge in [-0.05, 0) is 36.8 Å². The fraction of sp³-hybridized carbons (Fsp3) is 0.294. The third-order valence-corrected chi connectivity index (χ3v) is 3.68. The van der Waals surface area contributed by atoms with Gasteiger partial charge in [0.15, 0.2) is 0 Å². The Morgan fingerprint density at radius 3 is 2.43 bits per heavy atom. The molecule has 0 unspecified atom stereocenters. The first kappa shape index (κ1) is 15.7. The van der Waals surface area contributed by atoms with E-state index in [1.807, 2.05) is 49.5 Å². The standard InChI is InChI=1S/C17H20ClNO2/c1-12(20)17-15(5-4-6-16(17)21-3)19(2)11-13-7-9-14(18)10-8-13/h4-10,12,20H,11H2,1-3H3/t12-/m1/s1. The highest BCUT2D eigenvalue weighted by Crippen LogP contribution is 2.34. The van der Waals surface area contributed by atoms with E-state index in [4.69, 9.17) is 16.3 Å². The minimum absolute atomic E-state index is 0.594. The molecule has 2 aromatic rings. The van der Waals surface area contributed by atoms with Crippen LogP contribution in [0.1, 0.15) is 24.2 Å². The van der Waals surface area contributed by atoms with Crippen LogP contribution in [-0.4, -0.2) is 19.3 Å². The van der Waals surface area contributed by atoms with E-state index < -0.39 is 6.10 Å². The van der Waals surface area contributed by atoms with Gasteiger partial charge in [0, 0.05) is 29.9 Å². The van der Waals surface area contributed by atoms with Gasteiger partial charge in [-0.25, -0.2) is 0 Å². The summed E-state index contributed by atoms with van der Waals surface area (Å²) < 4.78 is 5.36. The van der Waals surface area contributed by atoms with Crippen LogP contribution in [0.4, 0.5) is 5.69 Å². The summed E-state index contributed by atoms with van der Waals surface area (Å²) in [5, 5.41) is 10.8. The molecule has 1 N–H and O–H groups in total. The Kier molecular flexibility index (Phi) is 5.10. The number of methoxy groups -OCH3 is 1. The molecule has 0 aliphatic carbocycles. The molecule has 4 heteroatoms. The normalized spacial score (nSPS) is 12.0. The molecule has 3 nitrogen and oxygen atoms in total. The summed E-state index contributed by atoms with van der Waals surface area (Å²) in [5.74, 6) is 0.699. The van der Waals surface area contributed by atoms with Gasteiger partial charge in [-0.3, -0.25) is 0 Å². The van der Waals surface area contributed by atoms with E-state index in [-0.39, 0.29) is 0 Å². The summed E-state index contributed by atoms with van der Waals surface area (Å²) in [6, 6.07) is 13.5. The molecule has 0 radical (unpaired) electrons. The van der Waals surface area contributed by atoms with Crippen LogP contribution in [-0.2, 0) is 6.54 Å². The van der Waals surface area contributed by atoms with Crippen LogP contribution in [0.15, 0.2) is 42.5 Å². The van der Waals surface area contributed by atoms with Crippen LogP contribution in [0.25, 0.3) is 0 Å². The number of ether oxygens (including phenoxy) is 1. The largest absolute Gasteiger partial charge is 0.496 e. The van der Waals surface area contributed by atoms with E-state index >= 15 is 0 Å². The number of nitrogens with zero attached hydrogens (tertiary/aromatic N) is 1. The predicted octanol–water partition coefficient (Wildman–Crippen LogP) is 4.04. The first-order valence-corrected chi connectivity index (χ1v) is 7.21. The fourth-order valence-electron chi connectivity index (χ4n) is 2.41. The van der Waals surface area contributed by atoms with Crippen LogP contribution in [0.2, 0.25) is 5.02 Å². The molecular formula is C17H20ClNO2. The highest BCUT2D eigenvalue weighted by Gasteiger charge is 2.16. The van der Waals surface area contributed by atoms with Gasteiger partial charge in [0.05, 0.1) is 13.2 Å². The lowest BCUT2D eigenvalue weighted by atomic mass is 10.1. The van der Waals surface area contributed by atoms with Gasteiger partial charge in [0.2, 0.25) is 0 Å². The van der Waals surface area contributed by atoms with Gasteiger partial charge in [-0.2, -0.15) is 0 Å². The lowest BCUT2D eigenvalue weighted by Gasteiger charge is -2.25. The number of anilines is 1. The van der Waals surface area contributed by atoms with Gasteiger partial charge in [0.25, 0.3) is 0 Å². The van der Waals surface area contributed by atoms with E-state index in [1.165, 1.54) is 0 Å². The molecule has 0 amide bonds. The van der Waals surface area contributed by atoms with Crippen molar-refractivity contribution in [1.82, 2.24) is 0 Å². The molecule has 0 aliphatic heterocycles. The first-order chi connectivity index (χ1) is 10.0. The van der Waals surface area contributed by atoms with Crippen LogP contribution in [0.3, 0.4) is 0 Å². The molecule has 0 saturated heterocycles. The molecule has 0 saturated carbocycles. The Morgan fingerprint density at radius 1 is 1.19 bits per heavy atom. The molecule has 2 rings (SSSR count). The molecule has 1 atom stereocenters. The molecule has 112 valence electrons. The zero-order chi connectivity index (χ0) is 15.4. The van der Waals surface area contributed by atoms with Gasteiger partial charge < -0.3 is 14.7 Å². The number of aliphatic hydroxyl groups is 1. The summed E-state index contributed by atoms with van der Waals surface area (Å²) >= 11 is 5.91. The quantitative estimate of drug-likeness (QED) is 0.905. The average molecular weight is 306 g/mol. The van der Waals surface area contributed by atoms with Crippen molar-refractivity contribution < 1.29 is 9.84 Å². The Morgan fingerprint density at radius 2 is 1.86 bits per heavy atom. The Balaban J connectivity index is 2.30. The second kappa shape index (κ2) is 6.83. The maximum absolute atomic E-state index is 10.0. The highest BCUT2D eigenvalue weighted by atomic mass is 35.5. The van der Waals surface area contributed by atoms with Crippen LogP contribution >= 0.6 is 11.6 Å². The lowest BCUT2D eigenvalue weighted by Crippen LogP contribution is -2.19. The van der Waals surface area contributed by atoms with Gasteiger partial charge in [-0.1, -0.05) is 29.8 Å². The van der Waals surface area contributed by atoms with Gasteiger partial charge in [0.1, 0.15) is 5.75 Å². The Bertz CT molecular complexity index is 596. The lowest BCUT2D eigenvalue weighted by molar-refractivity contribution is 0.194. The molecule has 0 aromatic heterocycles. The van der Waals surface area contributed by atoms with Crippen LogP contribution in [0.5, 0.6) is 5.75 Å². The third kappa shape index (κ3) is 3.69. The van der Waals surface area contributed by atoms with E-state index in [0.29, 0.717) is 5.75 Å². The summed E-state index contributed by atoms with van der Waals surface area (Å²) in [5.41, 5.74) is 2.91. The molecule has 0 heterocycles. The smallest absolute Gasteiger partial charge is 0.126 e. The Labute approximate surface area is 130 Å². The molecule has 21 heavy (non-hydrogen) atoms. The third-order valence-electron chi connectivity index (χ3n) is 3.43. The summed E-state index contributed by atoms with van der Waals surface area (Å²) in [6.07, 6.45) is -0.594. The molecule has 0 aliphatic rings. The predicted molar refractivity (Wildman–Crippen MR) is 87.2 cm³/mol. The topological polar surface area (TPSA) is 32.7 Å². The van der Waals surface area contributed by atoms with E-state index in [1.54, 1.807) is 14.0 Å². The maximum Gasteiger partial charge on any atom is 0.126 e. The van der Waals surface area contributed by atoms with Crippen molar-refractivity contribution in [1.29, 1.82) is 0 Å². The second-order valence-electron chi connectivity index (χ2n) is 5.05. The van der Waals surface area contributed by atoms with Crippen molar-refractivity contribution in [3.63, 3.8) is 0 Å². The fourth-order valence-corrected chi connectivity index (χ4v) is 2.54. The molecular weight excluding hydrogens is 286 g/mol. The molecule has 0 spiro atoms. The van der Waals surface area contributed by atoms with E-state index in [2.05, 4.69) is 4.90 Å². The van der Waals surface area contributed by atoms with Crippen molar-refractivity contribution in [3.8, 4) is 5.75 Å². The average Bonchev–Trinajstić information content (AvgIpc) is 2.48. The van der Waals surface area contributed by atoms with Gasteiger partial charge >= 0.3 is 0 Å². The number of halogens is 1.